The quantitative estimate of drug-likeness (QED) is 0.178. The van der Waals surface area contributed by atoms with E-state index in [0.717, 1.165) is 78.2 Å². The monoisotopic (exact) mass is 717 g/mol. The molecule has 0 fully saturated rings. The third-order valence-corrected chi connectivity index (χ3v) is 11.1. The highest BCUT2D eigenvalue weighted by molar-refractivity contribution is 6.13. The van der Waals surface area contributed by atoms with Gasteiger partial charge in [0, 0.05) is 38.4 Å². The zero-order chi connectivity index (χ0) is 36.7. The molecule has 0 atom stereocenters. The van der Waals surface area contributed by atoms with E-state index in [1.807, 2.05) is 24.3 Å². The molecule has 0 unspecified atom stereocenters. The molecule has 8 aromatic carbocycles. The Bertz CT molecular complexity index is 3330. The van der Waals surface area contributed by atoms with Crippen LogP contribution in [0.2, 0.25) is 0 Å². The first-order valence-corrected chi connectivity index (χ1v) is 18.8. The molecule has 0 bridgehead atoms. The highest BCUT2D eigenvalue weighted by atomic mass is 16.3. The van der Waals surface area contributed by atoms with Gasteiger partial charge >= 0.3 is 0 Å². The van der Waals surface area contributed by atoms with Gasteiger partial charge in [0.05, 0.1) is 39.0 Å². The summed E-state index contributed by atoms with van der Waals surface area (Å²) < 4.78 is 13.3. The average Bonchev–Trinajstić information content (AvgIpc) is 4.04. The molecule has 6 heteroatoms. The van der Waals surface area contributed by atoms with Crippen molar-refractivity contribution in [2.45, 2.75) is 0 Å². The number of para-hydroxylation sites is 7. The van der Waals surface area contributed by atoms with Gasteiger partial charge in [-0.25, -0.2) is 9.97 Å². The van der Waals surface area contributed by atoms with Crippen molar-refractivity contribution in [3.05, 3.63) is 188 Å². The first-order chi connectivity index (χ1) is 27.8. The molecular formula is C50H31N5O. The normalized spacial score (nSPS) is 11.9. The Labute approximate surface area is 320 Å². The van der Waals surface area contributed by atoms with E-state index in [9.17, 15) is 0 Å². The predicted octanol–water partition coefficient (Wildman–Crippen LogP) is 12.7. The number of aromatic nitrogens is 5. The van der Waals surface area contributed by atoms with Crippen LogP contribution in [-0.2, 0) is 0 Å². The lowest BCUT2D eigenvalue weighted by molar-refractivity contribution is 0.620. The Kier molecular flexibility index (Phi) is 6.53. The number of benzene rings is 8. The molecule has 4 aromatic heterocycles. The maximum absolute atomic E-state index is 6.16. The zero-order valence-corrected chi connectivity index (χ0v) is 30.0. The second-order valence-corrected chi connectivity index (χ2v) is 14.2. The summed E-state index contributed by atoms with van der Waals surface area (Å²) in [6, 6.07) is 66.1. The van der Waals surface area contributed by atoms with Gasteiger partial charge in [-0.1, -0.05) is 115 Å². The number of hydrogen-bond acceptors (Lipinski definition) is 3. The molecule has 56 heavy (non-hydrogen) atoms. The highest BCUT2D eigenvalue weighted by Crippen LogP contribution is 2.42. The van der Waals surface area contributed by atoms with Crippen molar-refractivity contribution in [3.8, 4) is 39.9 Å². The lowest BCUT2D eigenvalue weighted by Gasteiger charge is -2.16. The minimum Gasteiger partial charge on any atom is -0.436 e. The third-order valence-electron chi connectivity index (χ3n) is 11.1. The SMILES string of the molecule is c1ccc(-n2c(-c3ccc(-c4nc5ccccc5o4)cc3)nc3c(-n4c5ccccc5c5ccccc54)ccc(-n4c5ccccc5c5ccccc54)c32)cc1. The number of rotatable bonds is 5. The van der Waals surface area contributed by atoms with Gasteiger partial charge in [-0.15, -0.1) is 0 Å². The average molecular weight is 718 g/mol. The van der Waals surface area contributed by atoms with Crippen molar-refractivity contribution in [1.82, 2.24) is 23.7 Å². The fraction of sp³-hybridized carbons (Fsp3) is 0. The minimum atomic E-state index is 0.594. The summed E-state index contributed by atoms with van der Waals surface area (Å²) in [5, 5.41) is 4.84. The molecule has 0 aliphatic carbocycles. The number of nitrogens with zero attached hydrogens (tertiary/aromatic N) is 5. The smallest absolute Gasteiger partial charge is 0.227 e. The summed E-state index contributed by atoms with van der Waals surface area (Å²) in [5.41, 5.74) is 13.1. The Balaban J connectivity index is 1.20. The Morgan fingerprint density at radius 3 is 1.45 bits per heavy atom. The van der Waals surface area contributed by atoms with Crippen molar-refractivity contribution in [3.63, 3.8) is 0 Å². The van der Waals surface area contributed by atoms with E-state index < -0.39 is 0 Å². The molecule has 0 amide bonds. The van der Waals surface area contributed by atoms with Gasteiger partial charge in [-0.2, -0.15) is 0 Å². The summed E-state index contributed by atoms with van der Waals surface area (Å²) in [5.74, 6) is 1.43. The van der Waals surface area contributed by atoms with Gasteiger partial charge in [0.2, 0.25) is 5.89 Å². The molecule has 0 saturated heterocycles. The fourth-order valence-corrected chi connectivity index (χ4v) is 8.66. The summed E-state index contributed by atoms with van der Waals surface area (Å²) in [4.78, 5) is 10.5. The zero-order valence-electron chi connectivity index (χ0n) is 30.0. The van der Waals surface area contributed by atoms with E-state index >= 15 is 0 Å². The van der Waals surface area contributed by atoms with Crippen LogP contribution in [0.3, 0.4) is 0 Å². The number of fused-ring (bicyclic) bond motifs is 8. The Hall–Kier alpha value is -7.70. The summed E-state index contributed by atoms with van der Waals surface area (Å²) in [6.45, 7) is 0. The Morgan fingerprint density at radius 2 is 0.857 bits per heavy atom. The molecule has 6 nitrogen and oxygen atoms in total. The van der Waals surface area contributed by atoms with Crippen molar-refractivity contribution in [2.24, 2.45) is 0 Å². The minimum absolute atomic E-state index is 0.594. The van der Waals surface area contributed by atoms with Crippen molar-refractivity contribution in [2.75, 3.05) is 0 Å². The van der Waals surface area contributed by atoms with Gasteiger partial charge in [-0.3, -0.25) is 4.57 Å². The number of hydrogen-bond donors (Lipinski definition) is 0. The van der Waals surface area contributed by atoms with Gasteiger partial charge in [0.15, 0.2) is 5.58 Å². The third kappa shape index (κ3) is 4.44. The van der Waals surface area contributed by atoms with Crippen LogP contribution in [0.4, 0.5) is 0 Å². The Morgan fingerprint density at radius 1 is 0.375 bits per heavy atom. The van der Waals surface area contributed by atoms with Crippen LogP contribution in [-0.4, -0.2) is 23.7 Å². The molecule has 0 aliphatic rings. The van der Waals surface area contributed by atoms with Gasteiger partial charge in [0.25, 0.3) is 0 Å². The van der Waals surface area contributed by atoms with Crippen LogP contribution in [0.1, 0.15) is 0 Å². The predicted molar refractivity (Wildman–Crippen MR) is 228 cm³/mol. The highest BCUT2D eigenvalue weighted by Gasteiger charge is 2.25. The van der Waals surface area contributed by atoms with E-state index in [0.29, 0.717) is 5.89 Å². The molecule has 0 radical (unpaired) electrons. The lowest BCUT2D eigenvalue weighted by atomic mass is 10.1. The molecule has 12 rings (SSSR count). The molecule has 0 N–H and O–H groups in total. The van der Waals surface area contributed by atoms with Gasteiger partial charge < -0.3 is 13.6 Å². The van der Waals surface area contributed by atoms with E-state index in [1.165, 1.54) is 21.5 Å². The van der Waals surface area contributed by atoms with Crippen LogP contribution in [0.5, 0.6) is 0 Å². The van der Waals surface area contributed by atoms with Gasteiger partial charge in [0.1, 0.15) is 16.9 Å². The first kappa shape index (κ1) is 30.7. The molecule has 4 heterocycles. The molecule has 0 saturated carbocycles. The molecule has 0 aliphatic heterocycles. The van der Waals surface area contributed by atoms with Gasteiger partial charge in [-0.05, 0) is 72.8 Å². The van der Waals surface area contributed by atoms with Crippen LogP contribution in [0, 0.1) is 0 Å². The van der Waals surface area contributed by atoms with Crippen LogP contribution in [0.15, 0.2) is 192 Å². The summed E-state index contributed by atoms with van der Waals surface area (Å²) in [7, 11) is 0. The van der Waals surface area contributed by atoms with E-state index in [2.05, 4.69) is 177 Å². The first-order valence-electron chi connectivity index (χ1n) is 18.8. The second-order valence-electron chi connectivity index (χ2n) is 14.2. The van der Waals surface area contributed by atoms with Crippen LogP contribution in [0.25, 0.3) is 106 Å². The van der Waals surface area contributed by atoms with Crippen molar-refractivity contribution < 1.29 is 4.42 Å². The molecule has 0 spiro atoms. The van der Waals surface area contributed by atoms with E-state index in [1.54, 1.807) is 0 Å². The van der Waals surface area contributed by atoms with E-state index in [-0.39, 0.29) is 0 Å². The standard InChI is InChI=1S/C50H31N5O/c1-2-14-34(15-3-1)53-48-45(55-42-23-11-6-18-37(42)38-19-7-12-24-43(38)55)31-30-44(54-40-21-9-4-16-35(40)36-17-5-10-22-41(36)54)47(48)52-49(53)32-26-28-33(29-27-32)50-51-39-20-8-13-25-46(39)56-50/h1-31H. The number of imidazole rings is 1. The number of oxazole rings is 1. The lowest BCUT2D eigenvalue weighted by Crippen LogP contribution is -2.03. The molecule has 262 valence electrons. The maximum atomic E-state index is 6.16. The summed E-state index contributed by atoms with van der Waals surface area (Å²) in [6.07, 6.45) is 0. The molecule has 12 aromatic rings. The maximum Gasteiger partial charge on any atom is 0.227 e. The van der Waals surface area contributed by atoms with Crippen molar-refractivity contribution >= 4 is 65.7 Å². The molecular weight excluding hydrogens is 687 g/mol. The fourth-order valence-electron chi connectivity index (χ4n) is 8.66. The van der Waals surface area contributed by atoms with E-state index in [4.69, 9.17) is 14.4 Å². The second kappa shape index (κ2) is 11.9. The largest absolute Gasteiger partial charge is 0.436 e. The van der Waals surface area contributed by atoms with Crippen LogP contribution < -0.4 is 0 Å². The topological polar surface area (TPSA) is 53.7 Å². The summed E-state index contributed by atoms with van der Waals surface area (Å²) >= 11 is 0. The van der Waals surface area contributed by atoms with Crippen LogP contribution >= 0.6 is 0 Å². The van der Waals surface area contributed by atoms with Crippen molar-refractivity contribution in [1.29, 1.82) is 0 Å².